The van der Waals surface area contributed by atoms with Gasteiger partial charge in [0.2, 0.25) is 0 Å². The van der Waals surface area contributed by atoms with Crippen LogP contribution in [0.5, 0.6) is 0 Å². The molecule has 0 amide bonds. The summed E-state index contributed by atoms with van der Waals surface area (Å²) in [6.07, 6.45) is 1.21. The molecule has 5 heteroatoms. The Kier molecular flexibility index (Phi) is 3.33. The summed E-state index contributed by atoms with van der Waals surface area (Å²) in [5.74, 6) is -0.0142. The van der Waals surface area contributed by atoms with Crippen LogP contribution >= 0.6 is 11.6 Å². The van der Waals surface area contributed by atoms with E-state index >= 15 is 0 Å². The SMILES string of the molecule is OC(CCl)C(O)c1ccc2nccnc2c1. The second-order valence-electron chi connectivity index (χ2n) is 3.47. The van der Waals surface area contributed by atoms with Gasteiger partial charge in [0.25, 0.3) is 0 Å². The first-order chi connectivity index (χ1) is 7.72. The van der Waals surface area contributed by atoms with Crippen molar-refractivity contribution in [1.82, 2.24) is 9.97 Å². The fourth-order valence-corrected chi connectivity index (χ4v) is 1.64. The topological polar surface area (TPSA) is 66.2 Å². The number of alkyl halides is 1. The third-order valence-electron chi connectivity index (χ3n) is 2.36. The maximum atomic E-state index is 9.77. The van der Waals surface area contributed by atoms with Gasteiger partial charge in [0.05, 0.1) is 23.0 Å². The molecule has 84 valence electrons. The standard InChI is InChI=1S/C11H11ClN2O2/c12-6-10(15)11(16)7-1-2-8-9(5-7)14-4-3-13-8/h1-5,10-11,15-16H,6H2. The first-order valence-corrected chi connectivity index (χ1v) is 5.38. The first kappa shape index (κ1) is 11.3. The number of hydrogen-bond donors (Lipinski definition) is 2. The number of hydrogen-bond acceptors (Lipinski definition) is 4. The number of rotatable bonds is 3. The van der Waals surface area contributed by atoms with E-state index in [4.69, 9.17) is 11.6 Å². The van der Waals surface area contributed by atoms with E-state index in [0.717, 1.165) is 5.52 Å². The Balaban J connectivity index is 2.39. The molecule has 0 spiro atoms. The van der Waals surface area contributed by atoms with Crippen LogP contribution in [0.1, 0.15) is 11.7 Å². The van der Waals surface area contributed by atoms with Crippen LogP contribution in [0.25, 0.3) is 11.0 Å². The fraction of sp³-hybridized carbons (Fsp3) is 0.273. The molecule has 1 heterocycles. The summed E-state index contributed by atoms with van der Waals surface area (Å²) < 4.78 is 0. The number of aromatic nitrogens is 2. The smallest absolute Gasteiger partial charge is 0.106 e. The predicted molar refractivity (Wildman–Crippen MR) is 61.2 cm³/mol. The normalized spacial score (nSPS) is 14.9. The Morgan fingerprint density at radius 2 is 1.81 bits per heavy atom. The molecule has 1 aromatic carbocycles. The minimum absolute atomic E-state index is 0.0142. The van der Waals surface area contributed by atoms with Crippen molar-refractivity contribution in [1.29, 1.82) is 0 Å². The zero-order chi connectivity index (χ0) is 11.5. The molecule has 0 bridgehead atoms. The zero-order valence-electron chi connectivity index (χ0n) is 8.42. The van der Waals surface area contributed by atoms with Crippen molar-refractivity contribution in [3.63, 3.8) is 0 Å². The molecule has 1 aromatic heterocycles. The summed E-state index contributed by atoms with van der Waals surface area (Å²) in [6, 6.07) is 5.15. The van der Waals surface area contributed by atoms with E-state index in [2.05, 4.69) is 9.97 Å². The number of fused-ring (bicyclic) bond motifs is 1. The van der Waals surface area contributed by atoms with E-state index in [1.54, 1.807) is 30.6 Å². The largest absolute Gasteiger partial charge is 0.389 e. The van der Waals surface area contributed by atoms with E-state index in [9.17, 15) is 10.2 Å². The minimum Gasteiger partial charge on any atom is -0.389 e. The second kappa shape index (κ2) is 4.74. The van der Waals surface area contributed by atoms with Gasteiger partial charge in [0.15, 0.2) is 0 Å². The Labute approximate surface area is 97.5 Å². The molecule has 0 saturated heterocycles. The van der Waals surface area contributed by atoms with Crippen molar-refractivity contribution in [3.05, 3.63) is 36.2 Å². The average Bonchev–Trinajstić information content (AvgIpc) is 2.36. The fourth-order valence-electron chi connectivity index (χ4n) is 1.47. The van der Waals surface area contributed by atoms with Crippen molar-refractivity contribution in [2.45, 2.75) is 12.2 Å². The van der Waals surface area contributed by atoms with Crippen molar-refractivity contribution < 1.29 is 10.2 Å². The molecule has 2 aromatic rings. The highest BCUT2D eigenvalue weighted by atomic mass is 35.5. The molecular weight excluding hydrogens is 228 g/mol. The summed E-state index contributed by atoms with van der Waals surface area (Å²) >= 11 is 5.48. The summed E-state index contributed by atoms with van der Waals surface area (Å²) in [4.78, 5) is 8.24. The number of aliphatic hydroxyl groups excluding tert-OH is 2. The van der Waals surface area contributed by atoms with Crippen LogP contribution in [0, 0.1) is 0 Å². The van der Waals surface area contributed by atoms with Crippen LogP contribution in [0.2, 0.25) is 0 Å². The summed E-state index contributed by atoms with van der Waals surface area (Å²) in [7, 11) is 0. The zero-order valence-corrected chi connectivity index (χ0v) is 9.17. The van der Waals surface area contributed by atoms with Crippen LogP contribution in [0.3, 0.4) is 0 Å². The lowest BCUT2D eigenvalue weighted by molar-refractivity contribution is 0.0328. The van der Waals surface area contributed by atoms with Gasteiger partial charge in [0, 0.05) is 12.4 Å². The van der Waals surface area contributed by atoms with E-state index in [-0.39, 0.29) is 5.88 Å². The van der Waals surface area contributed by atoms with Crippen LogP contribution in [-0.4, -0.2) is 32.2 Å². The number of aliphatic hydroxyl groups is 2. The molecule has 2 unspecified atom stereocenters. The Morgan fingerprint density at radius 1 is 1.12 bits per heavy atom. The monoisotopic (exact) mass is 238 g/mol. The quantitative estimate of drug-likeness (QED) is 0.791. The molecule has 16 heavy (non-hydrogen) atoms. The maximum absolute atomic E-state index is 9.77. The van der Waals surface area contributed by atoms with Gasteiger partial charge in [-0.25, -0.2) is 0 Å². The first-order valence-electron chi connectivity index (χ1n) is 4.85. The minimum atomic E-state index is -0.996. The van der Waals surface area contributed by atoms with Gasteiger partial charge in [-0.05, 0) is 17.7 Å². The molecule has 0 radical (unpaired) electrons. The van der Waals surface area contributed by atoms with Gasteiger partial charge >= 0.3 is 0 Å². The highest BCUT2D eigenvalue weighted by Gasteiger charge is 2.17. The van der Waals surface area contributed by atoms with Gasteiger partial charge in [-0.1, -0.05) is 6.07 Å². The van der Waals surface area contributed by atoms with Gasteiger partial charge in [-0.2, -0.15) is 0 Å². The number of benzene rings is 1. The molecule has 4 nitrogen and oxygen atoms in total. The average molecular weight is 239 g/mol. The number of nitrogens with zero attached hydrogens (tertiary/aromatic N) is 2. The van der Waals surface area contributed by atoms with E-state index < -0.39 is 12.2 Å². The summed E-state index contributed by atoms with van der Waals surface area (Å²) in [5.41, 5.74) is 2.01. The highest BCUT2D eigenvalue weighted by molar-refractivity contribution is 6.18. The summed E-state index contributed by atoms with van der Waals surface area (Å²) in [5, 5.41) is 19.2. The summed E-state index contributed by atoms with van der Waals surface area (Å²) in [6.45, 7) is 0. The van der Waals surface area contributed by atoms with Gasteiger partial charge in [-0.3, -0.25) is 9.97 Å². The molecule has 0 aliphatic heterocycles. The molecule has 0 fully saturated rings. The Bertz CT molecular complexity index is 492. The van der Waals surface area contributed by atoms with Crippen LogP contribution in [0.15, 0.2) is 30.6 Å². The highest BCUT2D eigenvalue weighted by Crippen LogP contribution is 2.20. The van der Waals surface area contributed by atoms with E-state index in [1.165, 1.54) is 0 Å². The van der Waals surface area contributed by atoms with Gasteiger partial charge in [-0.15, -0.1) is 11.6 Å². The van der Waals surface area contributed by atoms with E-state index in [1.807, 2.05) is 0 Å². The molecule has 2 rings (SSSR count). The third-order valence-corrected chi connectivity index (χ3v) is 2.67. The molecular formula is C11H11ClN2O2. The van der Waals surface area contributed by atoms with Crippen molar-refractivity contribution >= 4 is 22.6 Å². The van der Waals surface area contributed by atoms with Crippen LogP contribution in [0.4, 0.5) is 0 Å². The van der Waals surface area contributed by atoms with Crippen molar-refractivity contribution in [2.75, 3.05) is 5.88 Å². The van der Waals surface area contributed by atoms with Crippen molar-refractivity contribution in [3.8, 4) is 0 Å². The van der Waals surface area contributed by atoms with E-state index in [0.29, 0.717) is 11.1 Å². The van der Waals surface area contributed by atoms with Gasteiger partial charge < -0.3 is 10.2 Å². The Hall–Kier alpha value is -1.23. The second-order valence-corrected chi connectivity index (χ2v) is 3.78. The lowest BCUT2D eigenvalue weighted by atomic mass is 10.0. The van der Waals surface area contributed by atoms with Crippen LogP contribution < -0.4 is 0 Å². The Morgan fingerprint density at radius 3 is 2.50 bits per heavy atom. The maximum Gasteiger partial charge on any atom is 0.106 e. The molecule has 0 saturated carbocycles. The lowest BCUT2D eigenvalue weighted by Gasteiger charge is -2.15. The molecule has 2 N–H and O–H groups in total. The third kappa shape index (κ3) is 2.14. The molecule has 2 atom stereocenters. The molecule has 0 aliphatic carbocycles. The lowest BCUT2D eigenvalue weighted by Crippen LogP contribution is -2.19. The number of halogens is 1. The van der Waals surface area contributed by atoms with Crippen LogP contribution in [-0.2, 0) is 0 Å². The van der Waals surface area contributed by atoms with Crippen molar-refractivity contribution in [2.24, 2.45) is 0 Å². The predicted octanol–water partition coefficient (Wildman–Crippen LogP) is 1.26. The van der Waals surface area contributed by atoms with Gasteiger partial charge in [0.1, 0.15) is 6.10 Å². The molecule has 0 aliphatic rings.